The summed E-state index contributed by atoms with van der Waals surface area (Å²) in [5.74, 6) is 0.554. The van der Waals surface area contributed by atoms with Crippen LogP contribution in [0.25, 0.3) is 0 Å². The highest BCUT2D eigenvalue weighted by Gasteiger charge is 2.50. The Labute approximate surface area is 201 Å². The minimum Gasteiger partial charge on any atom is -0.350 e. The average molecular weight is 457 g/mol. The third kappa shape index (κ3) is 4.23. The minimum absolute atomic E-state index is 0.000159. The van der Waals surface area contributed by atoms with Gasteiger partial charge < -0.3 is 10.6 Å². The van der Waals surface area contributed by atoms with Gasteiger partial charge in [-0.1, -0.05) is 60.7 Å². The van der Waals surface area contributed by atoms with E-state index >= 15 is 0 Å². The van der Waals surface area contributed by atoms with Gasteiger partial charge in [-0.2, -0.15) is 0 Å². The van der Waals surface area contributed by atoms with Gasteiger partial charge in [0.15, 0.2) is 0 Å². The van der Waals surface area contributed by atoms with Gasteiger partial charge in [0.05, 0.1) is 30.2 Å². The zero-order valence-corrected chi connectivity index (χ0v) is 19.9. The van der Waals surface area contributed by atoms with Crippen molar-refractivity contribution in [3.05, 3.63) is 84.2 Å². The Bertz CT molecular complexity index is 1110. The van der Waals surface area contributed by atoms with Crippen LogP contribution in [0.2, 0.25) is 0 Å². The maximum Gasteiger partial charge on any atom is 0.322 e. The van der Waals surface area contributed by atoms with Gasteiger partial charge in [-0.05, 0) is 50.9 Å². The first kappa shape index (κ1) is 22.3. The van der Waals surface area contributed by atoms with Gasteiger partial charge in [0, 0.05) is 12.1 Å². The standard InChI is InChI=1S/C27H32N6O/c1-32(2)27(22-11-7-4-8-12-22)15-13-26(14-16-27)20-33(25(34)31-26)23-18-29-24(30-19-23)28-17-21-9-5-3-6-10-21/h3-12,18-19H,13-17,20H2,1-2H3,(H,31,34)(H,28,29,30)/t26-,27-. The molecule has 1 aliphatic carbocycles. The Morgan fingerprint density at radius 1 is 0.941 bits per heavy atom. The van der Waals surface area contributed by atoms with E-state index in [0.29, 0.717) is 19.0 Å². The van der Waals surface area contributed by atoms with Crippen LogP contribution in [0.5, 0.6) is 0 Å². The Morgan fingerprint density at radius 2 is 1.56 bits per heavy atom. The lowest BCUT2D eigenvalue weighted by atomic mass is 9.69. The molecule has 1 saturated heterocycles. The van der Waals surface area contributed by atoms with E-state index < -0.39 is 0 Å². The number of amides is 2. The van der Waals surface area contributed by atoms with Crippen LogP contribution in [-0.2, 0) is 12.1 Å². The van der Waals surface area contributed by atoms with Crippen molar-refractivity contribution >= 4 is 17.7 Å². The van der Waals surface area contributed by atoms with E-state index in [1.54, 1.807) is 17.3 Å². The second-order valence-electron chi connectivity index (χ2n) is 9.69. The van der Waals surface area contributed by atoms with E-state index in [9.17, 15) is 4.79 Å². The number of hydrogen-bond donors (Lipinski definition) is 2. The molecule has 0 radical (unpaired) electrons. The maximum atomic E-state index is 12.9. The first-order chi connectivity index (χ1) is 16.5. The number of nitrogens with one attached hydrogen (secondary N) is 2. The molecule has 1 spiro atoms. The zero-order chi connectivity index (χ0) is 23.6. The van der Waals surface area contributed by atoms with Gasteiger partial charge >= 0.3 is 6.03 Å². The molecule has 2 aliphatic rings. The van der Waals surface area contributed by atoms with Crippen molar-refractivity contribution in [1.82, 2.24) is 20.2 Å². The molecule has 0 atom stereocenters. The molecule has 2 aromatic carbocycles. The van der Waals surface area contributed by atoms with Crippen molar-refractivity contribution in [2.75, 3.05) is 30.9 Å². The molecule has 1 saturated carbocycles. The van der Waals surface area contributed by atoms with E-state index in [-0.39, 0.29) is 17.1 Å². The summed E-state index contributed by atoms with van der Waals surface area (Å²) >= 11 is 0. The molecular weight excluding hydrogens is 424 g/mol. The summed E-state index contributed by atoms with van der Waals surface area (Å²) in [6.07, 6.45) is 7.32. The van der Waals surface area contributed by atoms with Crippen LogP contribution in [0.3, 0.4) is 0 Å². The quantitative estimate of drug-likeness (QED) is 0.576. The number of rotatable bonds is 6. The summed E-state index contributed by atoms with van der Waals surface area (Å²) in [4.78, 5) is 26.0. The average Bonchev–Trinajstić information content (AvgIpc) is 3.20. The number of aromatic nitrogens is 2. The Balaban J connectivity index is 1.25. The van der Waals surface area contributed by atoms with E-state index in [2.05, 4.69) is 82.1 Å². The summed E-state index contributed by atoms with van der Waals surface area (Å²) in [6.45, 7) is 1.30. The van der Waals surface area contributed by atoms with Crippen LogP contribution in [0.4, 0.5) is 16.4 Å². The monoisotopic (exact) mass is 456 g/mol. The van der Waals surface area contributed by atoms with Crippen molar-refractivity contribution in [1.29, 1.82) is 0 Å². The molecular formula is C27H32N6O. The first-order valence-electron chi connectivity index (χ1n) is 11.9. The number of anilines is 2. The number of nitrogens with zero attached hydrogens (tertiary/aromatic N) is 4. The number of carbonyl (C=O) groups is 1. The predicted octanol–water partition coefficient (Wildman–Crippen LogP) is 4.39. The molecule has 34 heavy (non-hydrogen) atoms. The smallest absolute Gasteiger partial charge is 0.322 e. The van der Waals surface area contributed by atoms with Gasteiger partial charge in [0.1, 0.15) is 0 Å². The molecule has 176 valence electrons. The molecule has 0 bridgehead atoms. The van der Waals surface area contributed by atoms with Gasteiger partial charge in [0.2, 0.25) is 5.95 Å². The number of carbonyl (C=O) groups excluding carboxylic acids is 1. The molecule has 0 unspecified atom stereocenters. The number of urea groups is 1. The van der Waals surface area contributed by atoms with Crippen molar-refractivity contribution in [3.8, 4) is 0 Å². The molecule has 1 aromatic heterocycles. The zero-order valence-electron chi connectivity index (χ0n) is 19.9. The predicted molar refractivity (Wildman–Crippen MR) is 135 cm³/mol. The minimum atomic E-state index is -0.213. The molecule has 7 nitrogen and oxygen atoms in total. The van der Waals surface area contributed by atoms with Gasteiger partial charge in [0.25, 0.3) is 0 Å². The fourth-order valence-electron chi connectivity index (χ4n) is 5.41. The van der Waals surface area contributed by atoms with Gasteiger partial charge in [-0.25, -0.2) is 14.8 Å². The third-order valence-corrected chi connectivity index (χ3v) is 7.52. The Hall–Kier alpha value is -3.45. The van der Waals surface area contributed by atoms with Crippen molar-refractivity contribution in [2.45, 2.75) is 43.3 Å². The molecule has 3 aromatic rings. The Morgan fingerprint density at radius 3 is 2.18 bits per heavy atom. The molecule has 2 N–H and O–H groups in total. The largest absolute Gasteiger partial charge is 0.350 e. The highest BCUT2D eigenvalue weighted by molar-refractivity contribution is 5.95. The molecule has 5 rings (SSSR count). The molecule has 2 fully saturated rings. The van der Waals surface area contributed by atoms with E-state index in [4.69, 9.17) is 0 Å². The highest BCUT2D eigenvalue weighted by atomic mass is 16.2. The maximum absolute atomic E-state index is 12.9. The van der Waals surface area contributed by atoms with E-state index in [1.165, 1.54) is 5.56 Å². The summed E-state index contributed by atoms with van der Waals surface area (Å²) in [5, 5.41) is 6.54. The summed E-state index contributed by atoms with van der Waals surface area (Å²) < 4.78 is 0. The summed E-state index contributed by atoms with van der Waals surface area (Å²) in [7, 11) is 4.32. The summed E-state index contributed by atoms with van der Waals surface area (Å²) in [5.41, 5.74) is 3.03. The number of hydrogen-bond acceptors (Lipinski definition) is 5. The van der Waals surface area contributed by atoms with Crippen molar-refractivity contribution in [2.24, 2.45) is 0 Å². The van der Waals surface area contributed by atoms with E-state index in [1.807, 2.05) is 18.2 Å². The second kappa shape index (κ2) is 9.06. The third-order valence-electron chi connectivity index (χ3n) is 7.52. The first-order valence-corrected chi connectivity index (χ1v) is 11.9. The topological polar surface area (TPSA) is 73.4 Å². The van der Waals surface area contributed by atoms with Crippen LogP contribution in [0, 0.1) is 0 Å². The normalized spacial score (nSPS) is 24.4. The van der Waals surface area contributed by atoms with Gasteiger partial charge in [-0.3, -0.25) is 9.80 Å². The van der Waals surface area contributed by atoms with Crippen LogP contribution in [0.1, 0.15) is 36.8 Å². The molecule has 2 amide bonds. The number of benzene rings is 2. The van der Waals surface area contributed by atoms with Crippen LogP contribution in [-0.4, -0.2) is 47.1 Å². The highest BCUT2D eigenvalue weighted by Crippen LogP contribution is 2.46. The summed E-state index contributed by atoms with van der Waals surface area (Å²) in [6, 6.07) is 20.8. The van der Waals surface area contributed by atoms with Crippen molar-refractivity contribution < 1.29 is 4.79 Å². The fraction of sp³-hybridized carbons (Fsp3) is 0.370. The molecule has 2 heterocycles. The SMILES string of the molecule is CN(C)[C@]1(c2ccccc2)CC[C@@]2(CC1)CN(c1cnc(NCc3ccccc3)nc1)C(=O)N2. The van der Waals surface area contributed by atoms with Crippen molar-refractivity contribution in [3.63, 3.8) is 0 Å². The second-order valence-corrected chi connectivity index (χ2v) is 9.69. The Kier molecular flexibility index (Phi) is 5.96. The molecule has 7 heteroatoms. The van der Waals surface area contributed by atoms with Crippen LogP contribution >= 0.6 is 0 Å². The lowest BCUT2D eigenvalue weighted by Crippen LogP contribution is -2.54. The van der Waals surface area contributed by atoms with Gasteiger partial charge in [-0.15, -0.1) is 0 Å². The van der Waals surface area contributed by atoms with Crippen LogP contribution in [0.15, 0.2) is 73.1 Å². The fourth-order valence-corrected chi connectivity index (χ4v) is 5.41. The lowest BCUT2D eigenvalue weighted by molar-refractivity contribution is 0.0658. The van der Waals surface area contributed by atoms with E-state index in [0.717, 1.165) is 36.9 Å². The van der Waals surface area contributed by atoms with Crippen LogP contribution < -0.4 is 15.5 Å². The molecule has 1 aliphatic heterocycles. The lowest BCUT2D eigenvalue weighted by Gasteiger charge is -2.48.